The van der Waals surface area contributed by atoms with Gasteiger partial charge in [0.05, 0.1) is 16.6 Å². The summed E-state index contributed by atoms with van der Waals surface area (Å²) in [5.74, 6) is -1.98. The topological polar surface area (TPSA) is 138 Å². The number of carbonyl (C=O) groups is 2. The van der Waals surface area contributed by atoms with E-state index in [4.69, 9.17) is 10.2 Å². The summed E-state index contributed by atoms with van der Waals surface area (Å²) >= 11 is 1.30. The number of hydrogen-bond donors (Lipinski definition) is 3. The number of nitro groups is 1. The molecule has 39 heavy (non-hydrogen) atoms. The first kappa shape index (κ1) is 32.0. The molecule has 0 aromatic heterocycles. The Balaban J connectivity index is 2.04. The summed E-state index contributed by atoms with van der Waals surface area (Å²) in [7, 11) is 0. The van der Waals surface area contributed by atoms with E-state index in [0.29, 0.717) is 18.4 Å². The third kappa shape index (κ3) is 12.0. The Morgan fingerprint density at radius 2 is 1.69 bits per heavy atom. The summed E-state index contributed by atoms with van der Waals surface area (Å²) in [5, 5.41) is 40.0. The number of carboxylic acids is 2. The SMILES string of the molecule is CCCCCCCc1ccc(C/C=C\[C@@H](SCc2ccc(C(=O)O)cc2[N+](=O)[O-])[C@@H](O)CCCC(=O)O)cc1. The smallest absolute Gasteiger partial charge is 0.335 e. The van der Waals surface area contributed by atoms with Crippen LogP contribution in [0, 0.1) is 10.1 Å². The summed E-state index contributed by atoms with van der Waals surface area (Å²) < 4.78 is 0. The van der Waals surface area contributed by atoms with E-state index in [-0.39, 0.29) is 29.8 Å². The monoisotopic (exact) mass is 557 g/mol. The number of nitrogens with zero attached hydrogens (tertiary/aromatic N) is 1. The number of benzene rings is 2. The van der Waals surface area contributed by atoms with Crippen LogP contribution in [0.1, 0.15) is 85.3 Å². The number of hydrogen-bond acceptors (Lipinski definition) is 6. The molecule has 0 aliphatic carbocycles. The van der Waals surface area contributed by atoms with Crippen molar-refractivity contribution in [2.75, 3.05) is 0 Å². The van der Waals surface area contributed by atoms with Crippen LogP contribution in [0.3, 0.4) is 0 Å². The number of aryl methyl sites for hydroxylation is 1. The average molecular weight is 558 g/mol. The van der Waals surface area contributed by atoms with Crippen LogP contribution in [0.4, 0.5) is 5.69 Å². The number of aliphatic hydroxyl groups is 1. The molecule has 2 aromatic rings. The lowest BCUT2D eigenvalue weighted by Gasteiger charge is -2.19. The number of thioether (sulfide) groups is 1. The minimum Gasteiger partial charge on any atom is -0.481 e. The van der Waals surface area contributed by atoms with Gasteiger partial charge in [-0.3, -0.25) is 14.9 Å². The molecule has 0 amide bonds. The molecule has 3 N–H and O–H groups in total. The fourth-order valence-corrected chi connectivity index (χ4v) is 5.41. The molecule has 0 fully saturated rings. The zero-order valence-corrected chi connectivity index (χ0v) is 23.3. The molecule has 0 radical (unpaired) electrons. The zero-order valence-electron chi connectivity index (χ0n) is 22.5. The van der Waals surface area contributed by atoms with Gasteiger partial charge in [0.2, 0.25) is 0 Å². The van der Waals surface area contributed by atoms with E-state index < -0.39 is 28.2 Å². The standard InChI is InChI=1S/C30H39NO7S/c1-2-3-4-5-6-9-22-14-16-23(17-15-22)10-7-12-28(27(32)11-8-13-29(33)34)39-21-25-19-18-24(30(35)36)20-26(25)31(37)38/h7,12,14-20,27-28,32H,2-6,8-11,13,21H2,1H3,(H,33,34)(H,35,36)/b12-7-/t27-,28+/m0/s1. The van der Waals surface area contributed by atoms with Crippen LogP contribution in [-0.2, 0) is 23.4 Å². The van der Waals surface area contributed by atoms with Crippen molar-refractivity contribution in [3.63, 3.8) is 0 Å². The van der Waals surface area contributed by atoms with Crippen molar-refractivity contribution < 1.29 is 29.8 Å². The van der Waals surface area contributed by atoms with Crippen LogP contribution < -0.4 is 0 Å². The van der Waals surface area contributed by atoms with E-state index in [1.165, 1.54) is 61.6 Å². The third-order valence-corrected chi connectivity index (χ3v) is 7.84. The van der Waals surface area contributed by atoms with Gasteiger partial charge in [0.25, 0.3) is 5.69 Å². The summed E-state index contributed by atoms with van der Waals surface area (Å²) in [6.45, 7) is 2.21. The Hall–Kier alpha value is -3.17. The first-order valence-corrected chi connectivity index (χ1v) is 14.5. The van der Waals surface area contributed by atoms with Crippen LogP contribution in [0.25, 0.3) is 0 Å². The first-order valence-electron chi connectivity index (χ1n) is 13.5. The maximum atomic E-state index is 11.5. The number of allylic oxidation sites excluding steroid dienone is 1. The molecule has 212 valence electrons. The number of aliphatic carboxylic acids is 1. The van der Waals surface area contributed by atoms with Crippen LogP contribution in [0.5, 0.6) is 0 Å². The molecular weight excluding hydrogens is 518 g/mol. The van der Waals surface area contributed by atoms with Crippen LogP contribution in [0.2, 0.25) is 0 Å². The minimum absolute atomic E-state index is 0.0504. The first-order chi connectivity index (χ1) is 18.7. The average Bonchev–Trinajstić information content (AvgIpc) is 2.90. The molecule has 0 aliphatic rings. The van der Waals surface area contributed by atoms with Crippen molar-refractivity contribution >= 4 is 29.4 Å². The molecule has 0 bridgehead atoms. The van der Waals surface area contributed by atoms with Crippen molar-refractivity contribution in [1.82, 2.24) is 0 Å². The Labute approximate surface area is 234 Å². The fourth-order valence-electron chi connectivity index (χ4n) is 4.21. The van der Waals surface area contributed by atoms with Gasteiger partial charge in [0.15, 0.2) is 0 Å². The molecule has 0 unspecified atom stereocenters. The predicted molar refractivity (Wildman–Crippen MR) is 154 cm³/mol. The van der Waals surface area contributed by atoms with Crippen LogP contribution in [0.15, 0.2) is 54.6 Å². The van der Waals surface area contributed by atoms with Crippen molar-refractivity contribution in [2.45, 2.75) is 88.2 Å². The maximum absolute atomic E-state index is 11.5. The van der Waals surface area contributed by atoms with E-state index in [1.54, 1.807) is 0 Å². The highest BCUT2D eigenvalue weighted by molar-refractivity contribution is 7.99. The second-order valence-electron chi connectivity index (χ2n) is 9.65. The van der Waals surface area contributed by atoms with Gasteiger partial charge in [-0.15, -0.1) is 11.8 Å². The largest absolute Gasteiger partial charge is 0.481 e. The number of aliphatic hydroxyl groups excluding tert-OH is 1. The molecule has 8 nitrogen and oxygen atoms in total. The van der Waals surface area contributed by atoms with Crippen LogP contribution >= 0.6 is 11.8 Å². The quantitative estimate of drug-likeness (QED) is 0.0740. The normalized spacial score (nSPS) is 12.9. The Kier molecular flexibility index (Phi) is 14.3. The Morgan fingerprint density at radius 3 is 2.33 bits per heavy atom. The molecule has 0 spiro atoms. The molecular formula is C30H39NO7S. The van der Waals surface area contributed by atoms with Gasteiger partial charge in [-0.2, -0.15) is 0 Å². The lowest BCUT2D eigenvalue weighted by atomic mass is 10.0. The number of nitro benzene ring substituents is 1. The lowest BCUT2D eigenvalue weighted by Crippen LogP contribution is -2.22. The van der Waals surface area contributed by atoms with Gasteiger partial charge in [-0.25, -0.2) is 4.79 Å². The second-order valence-corrected chi connectivity index (χ2v) is 10.8. The van der Waals surface area contributed by atoms with E-state index in [2.05, 4.69) is 31.2 Å². The van der Waals surface area contributed by atoms with Gasteiger partial charge in [0.1, 0.15) is 0 Å². The summed E-state index contributed by atoms with van der Waals surface area (Å²) in [4.78, 5) is 33.0. The molecule has 9 heteroatoms. The van der Waals surface area contributed by atoms with Crippen molar-refractivity contribution in [3.05, 3.63) is 87.0 Å². The highest BCUT2D eigenvalue weighted by atomic mass is 32.2. The summed E-state index contributed by atoms with van der Waals surface area (Å²) in [5.41, 5.74) is 2.36. The number of aromatic carboxylic acids is 1. The van der Waals surface area contributed by atoms with Gasteiger partial charge in [0, 0.05) is 29.1 Å². The fraction of sp³-hybridized carbons (Fsp3) is 0.467. The number of rotatable bonds is 19. The summed E-state index contributed by atoms with van der Waals surface area (Å²) in [6, 6.07) is 12.3. The summed E-state index contributed by atoms with van der Waals surface area (Å²) in [6.07, 6.45) is 11.5. The van der Waals surface area contributed by atoms with Crippen molar-refractivity contribution in [2.24, 2.45) is 0 Å². The molecule has 0 aliphatic heterocycles. The highest BCUT2D eigenvalue weighted by Gasteiger charge is 2.21. The Bertz CT molecular complexity index is 1100. The predicted octanol–water partition coefficient (Wildman–Crippen LogP) is 6.82. The van der Waals surface area contributed by atoms with E-state index in [1.807, 2.05) is 12.2 Å². The van der Waals surface area contributed by atoms with E-state index >= 15 is 0 Å². The van der Waals surface area contributed by atoms with Crippen molar-refractivity contribution in [1.29, 1.82) is 0 Å². The lowest BCUT2D eigenvalue weighted by molar-refractivity contribution is -0.385. The zero-order chi connectivity index (χ0) is 28.6. The van der Waals surface area contributed by atoms with Gasteiger partial charge in [-0.05, 0) is 49.3 Å². The highest BCUT2D eigenvalue weighted by Crippen LogP contribution is 2.30. The third-order valence-electron chi connectivity index (χ3n) is 6.50. The Morgan fingerprint density at radius 1 is 1.00 bits per heavy atom. The molecule has 2 atom stereocenters. The molecule has 0 saturated heterocycles. The maximum Gasteiger partial charge on any atom is 0.335 e. The van der Waals surface area contributed by atoms with Crippen LogP contribution in [-0.4, -0.2) is 43.5 Å². The van der Waals surface area contributed by atoms with Gasteiger partial charge < -0.3 is 15.3 Å². The second kappa shape index (κ2) is 17.4. The number of unbranched alkanes of at least 4 members (excludes halogenated alkanes) is 4. The molecule has 0 heterocycles. The van der Waals surface area contributed by atoms with Gasteiger partial charge in [-0.1, -0.05) is 75.1 Å². The van der Waals surface area contributed by atoms with E-state index in [9.17, 15) is 24.8 Å². The molecule has 2 rings (SSSR count). The minimum atomic E-state index is -1.24. The number of carboxylic acid groups (broad SMARTS) is 2. The van der Waals surface area contributed by atoms with E-state index in [0.717, 1.165) is 18.1 Å². The van der Waals surface area contributed by atoms with Crippen molar-refractivity contribution in [3.8, 4) is 0 Å². The van der Waals surface area contributed by atoms with Gasteiger partial charge >= 0.3 is 11.9 Å². The molecule has 0 saturated carbocycles. The molecule has 2 aromatic carbocycles.